The maximum atomic E-state index is 14.3. The number of carbonyl (C=O) groups is 3. The number of ether oxygens (including phenoxy) is 1. The summed E-state index contributed by atoms with van der Waals surface area (Å²) < 4.78 is 19.6. The van der Waals surface area contributed by atoms with Crippen molar-refractivity contribution in [2.45, 2.75) is 37.6 Å². The van der Waals surface area contributed by atoms with Gasteiger partial charge in [-0.15, -0.1) is 0 Å². The number of halogens is 1. The summed E-state index contributed by atoms with van der Waals surface area (Å²) in [6, 6.07) is 13.4. The fraction of sp³-hybridized carbons (Fsp3) is 0.400. The minimum atomic E-state index is -1.21. The normalized spacial score (nSPS) is 21.0. The van der Waals surface area contributed by atoms with Gasteiger partial charge in [0, 0.05) is 25.9 Å². The number of rotatable bonds is 7. The number of nitrogens with one attached hydrogen (secondary N) is 2. The van der Waals surface area contributed by atoms with Crippen molar-refractivity contribution in [3.05, 3.63) is 65.5 Å². The largest absolute Gasteiger partial charge is 0.497 e. The molecule has 2 heterocycles. The van der Waals surface area contributed by atoms with Crippen molar-refractivity contribution in [3.8, 4) is 5.75 Å². The molecule has 0 bridgehead atoms. The van der Waals surface area contributed by atoms with Gasteiger partial charge < -0.3 is 15.0 Å². The van der Waals surface area contributed by atoms with Gasteiger partial charge in [0.1, 0.15) is 17.1 Å². The monoisotopic (exact) mass is 453 g/mol. The number of carbonyl (C=O) groups excluding carboxylic acids is 3. The summed E-state index contributed by atoms with van der Waals surface area (Å²) in [5.74, 6) is -0.224. The number of aryl methyl sites for hydroxylation is 1. The Kier molecular flexibility index (Phi) is 6.62. The fourth-order valence-corrected chi connectivity index (χ4v) is 4.86. The highest BCUT2D eigenvalue weighted by Crippen LogP contribution is 2.34. The zero-order valence-corrected chi connectivity index (χ0v) is 18.6. The molecule has 0 aromatic heterocycles. The fourth-order valence-electron chi connectivity index (χ4n) is 4.86. The lowest BCUT2D eigenvalue weighted by atomic mass is 9.74. The molecule has 0 saturated carbocycles. The summed E-state index contributed by atoms with van der Waals surface area (Å²) in [6.45, 7) is 0.980. The van der Waals surface area contributed by atoms with Crippen molar-refractivity contribution in [1.29, 1.82) is 0 Å². The average molecular weight is 454 g/mol. The van der Waals surface area contributed by atoms with E-state index in [1.165, 1.54) is 6.07 Å². The van der Waals surface area contributed by atoms with E-state index in [2.05, 4.69) is 10.6 Å². The molecule has 2 aliphatic rings. The van der Waals surface area contributed by atoms with E-state index in [9.17, 15) is 18.8 Å². The Bertz CT molecular complexity index is 1050. The standard InChI is InChI=1S/C25H28FN3O4/c1-33-20-7-4-5-17(15-20)9-10-22(30)29-13-11-19(12-14-29)25(23(31)27-24(32)28-25)16-18-6-2-3-8-21(18)26/h2-8,15,19H,9-14,16H2,1H3,(H2,27,28,31,32)/t25-/m1/s1. The molecule has 2 saturated heterocycles. The van der Waals surface area contributed by atoms with Gasteiger partial charge in [-0.25, -0.2) is 9.18 Å². The van der Waals surface area contributed by atoms with E-state index in [-0.39, 0.29) is 18.2 Å². The molecule has 0 unspecified atom stereocenters. The van der Waals surface area contributed by atoms with Gasteiger partial charge in [-0.05, 0) is 54.5 Å². The molecule has 174 valence electrons. The number of piperidine rings is 1. The molecule has 2 fully saturated rings. The third kappa shape index (κ3) is 4.84. The van der Waals surface area contributed by atoms with Crippen LogP contribution in [0.4, 0.5) is 9.18 Å². The smallest absolute Gasteiger partial charge is 0.322 e. The van der Waals surface area contributed by atoms with E-state index < -0.39 is 23.3 Å². The van der Waals surface area contributed by atoms with Gasteiger partial charge in [-0.1, -0.05) is 30.3 Å². The number of benzene rings is 2. The summed E-state index contributed by atoms with van der Waals surface area (Å²) in [4.78, 5) is 39.4. The van der Waals surface area contributed by atoms with Gasteiger partial charge in [-0.2, -0.15) is 0 Å². The molecule has 4 rings (SSSR count). The lowest BCUT2D eigenvalue weighted by molar-refractivity contribution is -0.133. The quantitative estimate of drug-likeness (QED) is 0.631. The summed E-state index contributed by atoms with van der Waals surface area (Å²) in [5, 5.41) is 5.11. The van der Waals surface area contributed by atoms with Crippen LogP contribution in [-0.4, -0.2) is 48.5 Å². The summed E-state index contributed by atoms with van der Waals surface area (Å²) >= 11 is 0. The average Bonchev–Trinajstić information content (AvgIpc) is 3.12. The molecule has 0 aliphatic carbocycles. The minimum absolute atomic E-state index is 0.0549. The topological polar surface area (TPSA) is 87.7 Å². The number of hydrogen-bond acceptors (Lipinski definition) is 4. The van der Waals surface area contributed by atoms with Crippen LogP contribution in [0.1, 0.15) is 30.4 Å². The van der Waals surface area contributed by atoms with Crippen molar-refractivity contribution in [3.63, 3.8) is 0 Å². The second kappa shape index (κ2) is 9.60. The minimum Gasteiger partial charge on any atom is -0.497 e. The van der Waals surface area contributed by atoms with Gasteiger partial charge in [0.2, 0.25) is 5.91 Å². The summed E-state index contributed by atoms with van der Waals surface area (Å²) in [7, 11) is 1.61. The Morgan fingerprint density at radius 2 is 1.91 bits per heavy atom. The van der Waals surface area contributed by atoms with Crippen LogP contribution in [0.2, 0.25) is 0 Å². The van der Waals surface area contributed by atoms with Crippen LogP contribution in [0, 0.1) is 11.7 Å². The molecule has 0 spiro atoms. The van der Waals surface area contributed by atoms with E-state index >= 15 is 0 Å². The summed E-state index contributed by atoms with van der Waals surface area (Å²) in [6.07, 6.45) is 2.17. The van der Waals surface area contributed by atoms with Gasteiger partial charge >= 0.3 is 6.03 Å². The van der Waals surface area contributed by atoms with Crippen LogP contribution in [0.3, 0.4) is 0 Å². The molecular weight excluding hydrogens is 425 g/mol. The zero-order valence-electron chi connectivity index (χ0n) is 18.6. The first kappa shape index (κ1) is 22.8. The predicted octanol–water partition coefficient (Wildman–Crippen LogP) is 2.83. The van der Waals surface area contributed by atoms with E-state index in [4.69, 9.17) is 4.74 Å². The van der Waals surface area contributed by atoms with E-state index in [0.29, 0.717) is 44.3 Å². The van der Waals surface area contributed by atoms with Crippen LogP contribution in [0.15, 0.2) is 48.5 Å². The molecule has 0 radical (unpaired) electrons. The van der Waals surface area contributed by atoms with Crippen molar-refractivity contribution in [1.82, 2.24) is 15.5 Å². The third-order valence-corrected chi connectivity index (χ3v) is 6.70. The molecule has 33 heavy (non-hydrogen) atoms. The van der Waals surface area contributed by atoms with Gasteiger partial charge in [0.25, 0.3) is 5.91 Å². The molecule has 2 aromatic rings. The Hall–Kier alpha value is -3.42. The number of imide groups is 1. The number of amides is 4. The molecule has 2 aliphatic heterocycles. The Labute approximate surface area is 192 Å². The molecular formula is C25H28FN3O4. The first-order valence-corrected chi connectivity index (χ1v) is 11.2. The first-order valence-electron chi connectivity index (χ1n) is 11.2. The van der Waals surface area contributed by atoms with Crippen molar-refractivity contribution in [2.75, 3.05) is 20.2 Å². The zero-order chi connectivity index (χ0) is 23.4. The van der Waals surface area contributed by atoms with Gasteiger partial charge in [-0.3, -0.25) is 14.9 Å². The number of methoxy groups -OCH3 is 1. The van der Waals surface area contributed by atoms with E-state index in [1.807, 2.05) is 29.2 Å². The van der Waals surface area contributed by atoms with Gasteiger partial charge in [0.15, 0.2) is 0 Å². The van der Waals surface area contributed by atoms with Crippen molar-refractivity contribution >= 4 is 17.8 Å². The highest BCUT2D eigenvalue weighted by molar-refractivity contribution is 6.07. The van der Waals surface area contributed by atoms with Crippen molar-refractivity contribution < 1.29 is 23.5 Å². The second-order valence-electron chi connectivity index (χ2n) is 8.65. The maximum absolute atomic E-state index is 14.3. The second-order valence-corrected chi connectivity index (χ2v) is 8.65. The highest BCUT2D eigenvalue weighted by Gasteiger charge is 2.52. The predicted molar refractivity (Wildman–Crippen MR) is 120 cm³/mol. The van der Waals surface area contributed by atoms with Crippen LogP contribution >= 0.6 is 0 Å². The molecule has 2 aromatic carbocycles. The number of urea groups is 1. The highest BCUT2D eigenvalue weighted by atomic mass is 19.1. The van der Waals surface area contributed by atoms with Crippen LogP contribution in [0.5, 0.6) is 5.75 Å². The molecule has 1 atom stereocenters. The third-order valence-electron chi connectivity index (χ3n) is 6.70. The SMILES string of the molecule is COc1cccc(CCC(=O)N2CCC([C@@]3(Cc4ccccc4F)NC(=O)NC3=O)CC2)c1. The first-order chi connectivity index (χ1) is 15.9. The van der Waals surface area contributed by atoms with Crippen LogP contribution in [0.25, 0.3) is 0 Å². The Morgan fingerprint density at radius 1 is 1.15 bits per heavy atom. The molecule has 4 amide bonds. The lowest BCUT2D eigenvalue weighted by Crippen LogP contribution is -2.58. The number of likely N-dealkylation sites (tertiary alicyclic amines) is 1. The number of nitrogens with zero attached hydrogens (tertiary/aromatic N) is 1. The Morgan fingerprint density at radius 3 is 2.58 bits per heavy atom. The van der Waals surface area contributed by atoms with Crippen molar-refractivity contribution in [2.24, 2.45) is 5.92 Å². The molecule has 2 N–H and O–H groups in total. The molecule has 7 nitrogen and oxygen atoms in total. The summed E-state index contributed by atoms with van der Waals surface area (Å²) in [5.41, 5.74) is 0.202. The number of hydrogen-bond donors (Lipinski definition) is 2. The Balaban J connectivity index is 1.40. The van der Waals surface area contributed by atoms with Crippen LogP contribution < -0.4 is 15.4 Å². The maximum Gasteiger partial charge on any atom is 0.322 e. The van der Waals surface area contributed by atoms with E-state index in [1.54, 1.807) is 25.3 Å². The van der Waals surface area contributed by atoms with Gasteiger partial charge in [0.05, 0.1) is 7.11 Å². The lowest BCUT2D eigenvalue weighted by Gasteiger charge is -2.40. The molecule has 8 heteroatoms. The van der Waals surface area contributed by atoms with Crippen LogP contribution in [-0.2, 0) is 22.4 Å². The van der Waals surface area contributed by atoms with E-state index in [0.717, 1.165) is 11.3 Å².